The first-order chi connectivity index (χ1) is 8.02. The molecule has 0 radical (unpaired) electrons. The van der Waals surface area contributed by atoms with Crippen LogP contribution in [0.1, 0.15) is 20.3 Å². The Morgan fingerprint density at radius 3 is 2.65 bits per heavy atom. The van der Waals surface area contributed by atoms with Crippen LogP contribution < -0.4 is 11.1 Å². The van der Waals surface area contributed by atoms with Crippen molar-refractivity contribution in [3.8, 4) is 0 Å². The molecule has 94 valence electrons. The molecule has 1 rings (SSSR count). The van der Waals surface area contributed by atoms with Crippen molar-refractivity contribution in [2.45, 2.75) is 20.3 Å². The molecule has 0 aliphatic heterocycles. The van der Waals surface area contributed by atoms with Crippen LogP contribution in [0.15, 0.2) is 12.1 Å². The van der Waals surface area contributed by atoms with Crippen LogP contribution in [-0.4, -0.2) is 22.6 Å². The number of nitrogens with one attached hydrogen (secondary N) is 1. The summed E-state index contributed by atoms with van der Waals surface area (Å²) >= 11 is 5.60. The van der Waals surface area contributed by atoms with E-state index < -0.39 is 0 Å². The Hall–Kier alpha value is -1.20. The van der Waals surface area contributed by atoms with Gasteiger partial charge in [0.2, 0.25) is 5.91 Å². The second-order valence-corrected chi connectivity index (χ2v) is 4.68. The number of aromatic nitrogens is 2. The normalized spacial score (nSPS) is 12.5. The van der Waals surface area contributed by atoms with Gasteiger partial charge in [-0.3, -0.25) is 4.79 Å². The predicted molar refractivity (Wildman–Crippen MR) is 67.7 cm³/mol. The van der Waals surface area contributed by atoms with Gasteiger partial charge in [-0.25, -0.2) is 0 Å². The largest absolute Gasteiger partial charge is 0.330 e. The summed E-state index contributed by atoms with van der Waals surface area (Å²) in [5.74, 6) is 0.484. The quantitative estimate of drug-likeness (QED) is 0.840. The van der Waals surface area contributed by atoms with Crippen LogP contribution >= 0.6 is 11.6 Å². The van der Waals surface area contributed by atoms with Crippen LogP contribution in [-0.2, 0) is 4.79 Å². The van der Waals surface area contributed by atoms with Gasteiger partial charge in [-0.1, -0.05) is 25.4 Å². The van der Waals surface area contributed by atoms with Crippen molar-refractivity contribution in [1.82, 2.24) is 10.2 Å². The Kier molecular flexibility index (Phi) is 5.31. The van der Waals surface area contributed by atoms with Gasteiger partial charge in [0.05, 0.1) is 5.92 Å². The molecule has 1 atom stereocenters. The van der Waals surface area contributed by atoms with Gasteiger partial charge >= 0.3 is 0 Å². The van der Waals surface area contributed by atoms with E-state index in [1.54, 1.807) is 12.1 Å². The zero-order valence-electron chi connectivity index (χ0n) is 9.98. The average Bonchev–Trinajstić information content (AvgIpc) is 2.28. The first-order valence-electron chi connectivity index (χ1n) is 5.53. The number of nitrogens with zero attached hydrogens (tertiary/aromatic N) is 2. The van der Waals surface area contributed by atoms with Crippen molar-refractivity contribution < 1.29 is 4.79 Å². The van der Waals surface area contributed by atoms with Gasteiger partial charge in [0.1, 0.15) is 0 Å². The molecule has 0 aliphatic carbocycles. The molecular formula is C11H17ClN4O. The lowest BCUT2D eigenvalue weighted by molar-refractivity contribution is -0.120. The number of hydrogen-bond donors (Lipinski definition) is 2. The highest BCUT2D eigenvalue weighted by atomic mass is 35.5. The van der Waals surface area contributed by atoms with E-state index in [1.165, 1.54) is 0 Å². The fraction of sp³-hybridized carbons (Fsp3) is 0.545. The number of halogens is 1. The highest BCUT2D eigenvalue weighted by Crippen LogP contribution is 2.13. The Morgan fingerprint density at radius 1 is 1.47 bits per heavy atom. The van der Waals surface area contributed by atoms with Crippen molar-refractivity contribution in [3.05, 3.63) is 17.3 Å². The number of amides is 1. The minimum atomic E-state index is -0.201. The second kappa shape index (κ2) is 6.51. The first-order valence-corrected chi connectivity index (χ1v) is 5.91. The lowest BCUT2D eigenvalue weighted by Gasteiger charge is -2.16. The lowest BCUT2D eigenvalue weighted by Crippen LogP contribution is -2.30. The van der Waals surface area contributed by atoms with Crippen LogP contribution in [0.5, 0.6) is 0 Å². The third kappa shape index (κ3) is 4.66. The number of hydrogen-bond acceptors (Lipinski definition) is 4. The van der Waals surface area contributed by atoms with E-state index in [9.17, 15) is 4.79 Å². The van der Waals surface area contributed by atoms with Gasteiger partial charge in [0.15, 0.2) is 11.0 Å². The molecule has 3 N–H and O–H groups in total. The maximum Gasteiger partial charge on any atom is 0.229 e. The molecule has 1 heterocycles. The standard InChI is InChI=1S/C11H17ClN4O/c1-7(2)5-8(6-13)11(17)14-10-4-3-9(12)15-16-10/h3-4,7-8H,5-6,13H2,1-2H3,(H,14,16,17). The number of carbonyl (C=O) groups excluding carboxylic acids is 1. The van der Waals surface area contributed by atoms with E-state index in [2.05, 4.69) is 29.4 Å². The molecule has 0 aliphatic rings. The zero-order chi connectivity index (χ0) is 12.8. The van der Waals surface area contributed by atoms with E-state index in [0.717, 1.165) is 6.42 Å². The number of rotatable bonds is 5. The van der Waals surface area contributed by atoms with Crippen molar-refractivity contribution >= 4 is 23.3 Å². The Balaban J connectivity index is 2.60. The van der Waals surface area contributed by atoms with Crippen LogP contribution in [0.4, 0.5) is 5.82 Å². The Labute approximate surface area is 106 Å². The van der Waals surface area contributed by atoms with Crippen molar-refractivity contribution in [3.63, 3.8) is 0 Å². The summed E-state index contributed by atoms with van der Waals surface area (Å²) in [5.41, 5.74) is 5.58. The molecule has 5 nitrogen and oxygen atoms in total. The summed E-state index contributed by atoms with van der Waals surface area (Å²) < 4.78 is 0. The third-order valence-electron chi connectivity index (χ3n) is 2.29. The molecule has 1 unspecified atom stereocenters. The molecule has 0 spiro atoms. The number of carbonyl (C=O) groups is 1. The summed E-state index contributed by atoms with van der Waals surface area (Å²) in [4.78, 5) is 11.9. The van der Waals surface area contributed by atoms with E-state index in [4.69, 9.17) is 17.3 Å². The molecule has 6 heteroatoms. The van der Waals surface area contributed by atoms with Crippen LogP contribution in [0.25, 0.3) is 0 Å². The Morgan fingerprint density at radius 2 is 2.18 bits per heavy atom. The zero-order valence-corrected chi connectivity index (χ0v) is 10.7. The minimum absolute atomic E-state index is 0.127. The molecule has 0 saturated heterocycles. The maximum atomic E-state index is 11.9. The molecule has 1 amide bonds. The monoisotopic (exact) mass is 256 g/mol. The molecule has 0 bridgehead atoms. The van der Waals surface area contributed by atoms with Gasteiger partial charge in [-0.05, 0) is 24.5 Å². The highest BCUT2D eigenvalue weighted by Gasteiger charge is 2.18. The first kappa shape index (κ1) is 13.9. The van der Waals surface area contributed by atoms with Gasteiger partial charge in [-0.15, -0.1) is 10.2 Å². The molecule has 0 fully saturated rings. The summed E-state index contributed by atoms with van der Waals surface area (Å²) in [6.45, 7) is 4.43. The van der Waals surface area contributed by atoms with E-state index in [0.29, 0.717) is 23.4 Å². The van der Waals surface area contributed by atoms with Crippen molar-refractivity contribution in [2.24, 2.45) is 17.6 Å². The summed E-state index contributed by atoms with van der Waals surface area (Å²) in [5, 5.41) is 10.4. The molecule has 1 aromatic rings. The molecule has 1 aromatic heterocycles. The van der Waals surface area contributed by atoms with Gasteiger partial charge in [0, 0.05) is 6.54 Å². The fourth-order valence-electron chi connectivity index (χ4n) is 1.49. The number of anilines is 1. The fourth-order valence-corrected chi connectivity index (χ4v) is 1.59. The molecule has 0 saturated carbocycles. The second-order valence-electron chi connectivity index (χ2n) is 4.29. The molecule has 17 heavy (non-hydrogen) atoms. The van der Waals surface area contributed by atoms with E-state index in [1.807, 2.05) is 0 Å². The van der Waals surface area contributed by atoms with Crippen LogP contribution in [0.3, 0.4) is 0 Å². The van der Waals surface area contributed by atoms with Crippen molar-refractivity contribution in [1.29, 1.82) is 0 Å². The van der Waals surface area contributed by atoms with Crippen LogP contribution in [0.2, 0.25) is 5.15 Å². The maximum absolute atomic E-state index is 11.9. The minimum Gasteiger partial charge on any atom is -0.330 e. The van der Waals surface area contributed by atoms with Gasteiger partial charge < -0.3 is 11.1 Å². The van der Waals surface area contributed by atoms with Gasteiger partial charge in [-0.2, -0.15) is 0 Å². The van der Waals surface area contributed by atoms with E-state index >= 15 is 0 Å². The SMILES string of the molecule is CC(C)CC(CN)C(=O)Nc1ccc(Cl)nn1. The molecule has 0 aromatic carbocycles. The third-order valence-corrected chi connectivity index (χ3v) is 2.50. The predicted octanol–water partition coefficient (Wildman–Crippen LogP) is 1.69. The average molecular weight is 257 g/mol. The summed E-state index contributed by atoms with van der Waals surface area (Å²) in [6.07, 6.45) is 0.753. The summed E-state index contributed by atoms with van der Waals surface area (Å²) in [6, 6.07) is 3.18. The van der Waals surface area contributed by atoms with Gasteiger partial charge in [0.25, 0.3) is 0 Å². The highest BCUT2D eigenvalue weighted by molar-refractivity contribution is 6.29. The topological polar surface area (TPSA) is 80.9 Å². The van der Waals surface area contributed by atoms with Crippen molar-refractivity contribution in [2.75, 3.05) is 11.9 Å². The lowest BCUT2D eigenvalue weighted by atomic mass is 9.96. The van der Waals surface area contributed by atoms with E-state index in [-0.39, 0.29) is 11.8 Å². The Bertz CT molecular complexity index is 366. The smallest absolute Gasteiger partial charge is 0.229 e. The van der Waals surface area contributed by atoms with Crippen LogP contribution in [0, 0.1) is 11.8 Å². The molecular weight excluding hydrogens is 240 g/mol. The number of nitrogens with two attached hydrogens (primary N) is 1. The summed E-state index contributed by atoms with van der Waals surface area (Å²) in [7, 11) is 0.